The number of hydrogen-bond acceptors (Lipinski definition) is 1. The van der Waals surface area contributed by atoms with Crippen LogP contribution in [0.1, 0.15) is 27.5 Å². The lowest BCUT2D eigenvalue weighted by molar-refractivity contribution is 1.24. The molecule has 0 radical (unpaired) electrons. The van der Waals surface area contributed by atoms with Crippen molar-refractivity contribution in [3.05, 3.63) is 148 Å². The number of allylic oxidation sites excluding steroid dienone is 2. The molecule has 5 rings (SSSR count). The van der Waals surface area contributed by atoms with Crippen LogP contribution in [0.25, 0.3) is 16.1 Å². The Morgan fingerprint density at radius 3 is 1.71 bits per heavy atom. The van der Waals surface area contributed by atoms with Gasteiger partial charge in [-0.05, 0) is 51.6 Å². The molecule has 2 heteroatoms. The van der Waals surface area contributed by atoms with Crippen molar-refractivity contribution >= 4 is 43.7 Å². The van der Waals surface area contributed by atoms with Crippen molar-refractivity contribution in [3.63, 3.8) is 0 Å². The maximum Gasteiger partial charge on any atom is 0.0606 e. The van der Waals surface area contributed by atoms with Crippen LogP contribution in [0.15, 0.2) is 126 Å². The van der Waals surface area contributed by atoms with E-state index in [9.17, 15) is 0 Å². The Bertz CT molecular complexity index is 1220. The van der Waals surface area contributed by atoms with Gasteiger partial charge in [-0.15, -0.1) is 11.8 Å². The van der Waals surface area contributed by atoms with E-state index >= 15 is 0 Å². The maximum absolute atomic E-state index is 3.60. The predicted octanol–water partition coefficient (Wildman–Crippen LogP) is 8.89. The lowest BCUT2D eigenvalue weighted by atomic mass is 9.88. The van der Waals surface area contributed by atoms with Crippen LogP contribution in [0.4, 0.5) is 0 Å². The summed E-state index contributed by atoms with van der Waals surface area (Å²) in [4.78, 5) is 1.30. The Kier molecular flexibility index (Phi) is 5.93. The molecule has 1 atom stereocenters. The highest BCUT2D eigenvalue weighted by Crippen LogP contribution is 2.54. The van der Waals surface area contributed by atoms with Gasteiger partial charge in [-0.3, -0.25) is 0 Å². The zero-order valence-electron chi connectivity index (χ0n) is 16.9. The summed E-state index contributed by atoms with van der Waals surface area (Å²) in [5.74, 6) is 0. The molecule has 0 bridgehead atoms. The van der Waals surface area contributed by atoms with Crippen molar-refractivity contribution in [1.29, 1.82) is 0 Å². The van der Waals surface area contributed by atoms with Crippen molar-refractivity contribution in [2.45, 2.75) is 5.25 Å². The molecule has 0 saturated carbocycles. The number of benzene rings is 4. The smallest absolute Gasteiger partial charge is 0.0606 e. The number of hydrogen-bond donors (Lipinski definition) is 0. The number of halogens is 1. The monoisotopic (exact) mass is 480 g/mol. The molecule has 0 nitrogen and oxygen atoms in total. The topological polar surface area (TPSA) is 0 Å². The van der Waals surface area contributed by atoms with Crippen LogP contribution >= 0.6 is 27.7 Å². The molecule has 150 valence electrons. The molecular weight excluding hydrogens is 460 g/mol. The first kappa shape index (κ1) is 20.1. The number of thioether (sulfide) groups is 1. The molecule has 0 amide bonds. The molecular formula is C29H21BrS. The van der Waals surface area contributed by atoms with Gasteiger partial charge in [0.05, 0.1) is 5.25 Å². The molecule has 1 aliphatic heterocycles. The molecule has 4 aromatic rings. The summed E-state index contributed by atoms with van der Waals surface area (Å²) in [6.45, 7) is 0. The molecule has 0 spiro atoms. The summed E-state index contributed by atoms with van der Waals surface area (Å²) < 4.78 is 1.10. The summed E-state index contributed by atoms with van der Waals surface area (Å²) in [7, 11) is 0. The highest BCUT2D eigenvalue weighted by atomic mass is 79.9. The van der Waals surface area contributed by atoms with Crippen LogP contribution in [0, 0.1) is 0 Å². The fraction of sp³-hybridized carbons (Fsp3) is 0.0345. The molecule has 0 aliphatic carbocycles. The highest BCUT2D eigenvalue weighted by Gasteiger charge is 2.28. The van der Waals surface area contributed by atoms with Crippen LogP contribution < -0.4 is 0 Å². The summed E-state index contributed by atoms with van der Waals surface area (Å²) in [6.07, 6.45) is 2.37. The average Bonchev–Trinajstić information content (AvgIpc) is 2.85. The van der Waals surface area contributed by atoms with Crippen LogP contribution in [-0.4, -0.2) is 0 Å². The summed E-state index contributed by atoms with van der Waals surface area (Å²) in [6, 6.07) is 41.0. The SMILES string of the molecule is Brc1ccc(C2=C(c3ccccc3)C=C(c3ccccc3)SC2c2ccccc2)cc1. The van der Waals surface area contributed by atoms with Gasteiger partial charge in [0, 0.05) is 9.38 Å². The quantitative estimate of drug-likeness (QED) is 0.280. The van der Waals surface area contributed by atoms with Gasteiger partial charge in [-0.2, -0.15) is 0 Å². The van der Waals surface area contributed by atoms with Crippen LogP contribution in [-0.2, 0) is 0 Å². The fourth-order valence-electron chi connectivity index (χ4n) is 3.98. The first-order chi connectivity index (χ1) is 15.3. The van der Waals surface area contributed by atoms with E-state index in [2.05, 4.69) is 137 Å². The van der Waals surface area contributed by atoms with E-state index in [0.29, 0.717) is 0 Å². The second kappa shape index (κ2) is 9.13. The summed E-state index contributed by atoms with van der Waals surface area (Å²) >= 11 is 5.53. The van der Waals surface area contributed by atoms with Crippen LogP contribution in [0.3, 0.4) is 0 Å². The van der Waals surface area contributed by atoms with E-state index in [1.165, 1.54) is 38.3 Å². The highest BCUT2D eigenvalue weighted by molar-refractivity contribution is 9.10. The molecule has 4 aromatic carbocycles. The normalized spacial score (nSPS) is 16.2. The van der Waals surface area contributed by atoms with E-state index < -0.39 is 0 Å². The van der Waals surface area contributed by atoms with E-state index in [1.807, 2.05) is 11.8 Å². The third kappa shape index (κ3) is 4.32. The van der Waals surface area contributed by atoms with Crippen LogP contribution in [0.5, 0.6) is 0 Å². The van der Waals surface area contributed by atoms with E-state index in [-0.39, 0.29) is 5.25 Å². The van der Waals surface area contributed by atoms with Gasteiger partial charge in [0.2, 0.25) is 0 Å². The Labute approximate surface area is 196 Å². The largest absolute Gasteiger partial charge is 0.112 e. The van der Waals surface area contributed by atoms with E-state index in [1.54, 1.807) is 0 Å². The standard InChI is InChI=1S/C29H21BrS/c30-25-18-16-23(17-19-25)28-26(21-10-4-1-5-11-21)20-27(22-12-6-2-7-13-22)31-29(28)24-14-8-3-9-15-24/h1-20,29H. The summed E-state index contributed by atoms with van der Waals surface area (Å²) in [5, 5.41) is 0.206. The number of rotatable bonds is 4. The molecule has 31 heavy (non-hydrogen) atoms. The second-order valence-electron chi connectivity index (χ2n) is 7.48. The van der Waals surface area contributed by atoms with Crippen molar-refractivity contribution in [3.8, 4) is 0 Å². The van der Waals surface area contributed by atoms with Gasteiger partial charge >= 0.3 is 0 Å². The van der Waals surface area contributed by atoms with Gasteiger partial charge < -0.3 is 0 Å². The summed E-state index contributed by atoms with van der Waals surface area (Å²) in [5.41, 5.74) is 7.72. The minimum Gasteiger partial charge on any atom is -0.112 e. The molecule has 1 aliphatic rings. The Morgan fingerprint density at radius 1 is 0.548 bits per heavy atom. The first-order valence-corrected chi connectivity index (χ1v) is 12.0. The molecule has 0 fully saturated rings. The van der Waals surface area contributed by atoms with Gasteiger partial charge in [-0.25, -0.2) is 0 Å². The van der Waals surface area contributed by atoms with Crippen molar-refractivity contribution < 1.29 is 0 Å². The molecule has 0 saturated heterocycles. The van der Waals surface area contributed by atoms with E-state index in [4.69, 9.17) is 0 Å². The Morgan fingerprint density at radius 2 is 1.10 bits per heavy atom. The lowest BCUT2D eigenvalue weighted by Gasteiger charge is -2.29. The Hall–Kier alpha value is -2.81. The zero-order valence-corrected chi connectivity index (χ0v) is 19.3. The fourth-order valence-corrected chi connectivity index (χ4v) is 5.63. The van der Waals surface area contributed by atoms with Crippen molar-refractivity contribution in [1.82, 2.24) is 0 Å². The second-order valence-corrected chi connectivity index (χ2v) is 9.55. The first-order valence-electron chi connectivity index (χ1n) is 10.3. The van der Waals surface area contributed by atoms with Crippen molar-refractivity contribution in [2.75, 3.05) is 0 Å². The minimum atomic E-state index is 0.206. The molecule has 1 heterocycles. The van der Waals surface area contributed by atoms with E-state index in [0.717, 1.165) is 4.47 Å². The zero-order chi connectivity index (χ0) is 21.0. The minimum absolute atomic E-state index is 0.206. The van der Waals surface area contributed by atoms with Gasteiger partial charge in [0.25, 0.3) is 0 Å². The van der Waals surface area contributed by atoms with Crippen LogP contribution in [0.2, 0.25) is 0 Å². The molecule has 1 unspecified atom stereocenters. The van der Waals surface area contributed by atoms with Crippen molar-refractivity contribution in [2.24, 2.45) is 0 Å². The van der Waals surface area contributed by atoms with Gasteiger partial charge in [0.15, 0.2) is 0 Å². The lowest BCUT2D eigenvalue weighted by Crippen LogP contribution is -2.06. The molecule has 0 aromatic heterocycles. The average molecular weight is 481 g/mol. The molecule has 0 N–H and O–H groups in total. The third-order valence-electron chi connectivity index (χ3n) is 5.47. The maximum atomic E-state index is 3.60. The van der Waals surface area contributed by atoms with Gasteiger partial charge in [-0.1, -0.05) is 119 Å². The van der Waals surface area contributed by atoms with Gasteiger partial charge in [0.1, 0.15) is 0 Å². The Balaban J connectivity index is 1.78. The third-order valence-corrected chi connectivity index (χ3v) is 7.35. The predicted molar refractivity (Wildman–Crippen MR) is 139 cm³/mol.